The monoisotopic (exact) mass is 728 g/mol. The number of nitrogens with two attached hydrogens (primary N) is 1. The number of carbonyl (C=O) groups excluding carboxylic acids is 2. The quantitative estimate of drug-likeness (QED) is 0.349. The van der Waals surface area contributed by atoms with Crippen LogP contribution < -0.4 is 27.1 Å². The topological polar surface area (TPSA) is 140 Å². The van der Waals surface area contributed by atoms with E-state index in [1.165, 1.54) is 10.8 Å². The zero-order valence-electron chi connectivity index (χ0n) is 28.8. The number of anilines is 3. The normalized spacial score (nSPS) is 16.0. The van der Waals surface area contributed by atoms with E-state index in [9.17, 15) is 27.6 Å². The Bertz CT molecular complexity index is 2030. The predicted octanol–water partition coefficient (Wildman–Crippen LogP) is 4.46. The lowest BCUT2D eigenvalue weighted by atomic mass is 10.1. The smallest absolute Gasteiger partial charge is 0.397 e. The predicted molar refractivity (Wildman–Crippen MR) is 188 cm³/mol. The van der Waals surface area contributed by atoms with E-state index >= 15 is 0 Å². The highest BCUT2D eigenvalue weighted by atomic mass is 35.5. The van der Waals surface area contributed by atoms with Crippen molar-refractivity contribution < 1.29 is 27.5 Å². The number of nitrogens with zero attached hydrogens (tertiary/aromatic N) is 6. The summed E-state index contributed by atoms with van der Waals surface area (Å²) in [5.74, 6) is -0.896. The highest BCUT2D eigenvalue weighted by Crippen LogP contribution is 2.34. The van der Waals surface area contributed by atoms with Crippen LogP contribution in [0.15, 0.2) is 63.7 Å². The van der Waals surface area contributed by atoms with Crippen LogP contribution in [0.2, 0.25) is 5.02 Å². The third-order valence-electron chi connectivity index (χ3n) is 8.93. The first-order chi connectivity index (χ1) is 24.2. The number of aromatic nitrogens is 3. The molecule has 0 radical (unpaired) electrons. The molecule has 1 saturated heterocycles. The first kappa shape index (κ1) is 37.4. The summed E-state index contributed by atoms with van der Waals surface area (Å²) < 4.78 is 48.2. The summed E-state index contributed by atoms with van der Waals surface area (Å²) in [5, 5.41) is 2.34. The van der Waals surface area contributed by atoms with Crippen LogP contribution in [0.3, 0.4) is 0 Å². The van der Waals surface area contributed by atoms with Crippen LogP contribution in [0, 0.1) is 6.92 Å². The third-order valence-corrected chi connectivity index (χ3v) is 9.25. The lowest BCUT2D eigenvalue weighted by molar-refractivity contribution is -0.137. The molecule has 272 valence electrons. The Labute approximate surface area is 297 Å². The summed E-state index contributed by atoms with van der Waals surface area (Å²) in [5.41, 5.74) is 8.72. The molecule has 0 atom stereocenters. The maximum absolute atomic E-state index is 14.2. The molecule has 0 saturated carbocycles. The Morgan fingerprint density at radius 2 is 1.90 bits per heavy atom. The second-order valence-corrected chi connectivity index (χ2v) is 12.6. The molecule has 51 heavy (non-hydrogen) atoms. The average Bonchev–Trinajstić information content (AvgIpc) is 3.11. The molecule has 0 aliphatic carbocycles. The van der Waals surface area contributed by atoms with Gasteiger partial charge in [-0.2, -0.15) is 13.2 Å². The molecule has 5 rings (SSSR count). The number of benzene rings is 1. The van der Waals surface area contributed by atoms with Gasteiger partial charge < -0.3 is 30.2 Å². The number of alkyl halides is 3. The van der Waals surface area contributed by atoms with Gasteiger partial charge in [-0.15, -0.1) is 0 Å². The minimum Gasteiger partial charge on any atom is -0.397 e. The van der Waals surface area contributed by atoms with E-state index in [-0.39, 0.29) is 53.1 Å². The summed E-state index contributed by atoms with van der Waals surface area (Å²) in [6, 6.07) is 4.42. The molecule has 3 N–H and O–H groups in total. The third kappa shape index (κ3) is 8.04. The minimum absolute atomic E-state index is 0.00266. The van der Waals surface area contributed by atoms with Gasteiger partial charge in [-0.25, -0.2) is 9.98 Å². The summed E-state index contributed by atoms with van der Waals surface area (Å²) in [4.78, 5) is 53.8. The van der Waals surface area contributed by atoms with Crippen molar-refractivity contribution in [3.63, 3.8) is 0 Å². The summed E-state index contributed by atoms with van der Waals surface area (Å²) in [6.07, 6.45) is 1.60. The van der Waals surface area contributed by atoms with Crippen LogP contribution in [0.1, 0.15) is 47.6 Å². The number of halogens is 4. The van der Waals surface area contributed by atoms with Gasteiger partial charge >= 0.3 is 6.18 Å². The van der Waals surface area contributed by atoms with Crippen molar-refractivity contribution >= 4 is 40.5 Å². The highest BCUT2D eigenvalue weighted by Gasteiger charge is 2.32. The van der Waals surface area contributed by atoms with E-state index in [2.05, 4.69) is 10.3 Å². The molecular weight excluding hydrogens is 689 g/mol. The maximum atomic E-state index is 14.2. The van der Waals surface area contributed by atoms with Gasteiger partial charge in [0, 0.05) is 39.4 Å². The number of nitrogens with one attached hydrogen (secondary N) is 1. The zero-order chi connectivity index (χ0) is 37.0. The number of carbonyl (C=O) groups is 2. The van der Waals surface area contributed by atoms with E-state index in [1.807, 2.05) is 30.9 Å². The number of hydrogen-bond acceptors (Lipinski definition) is 8. The average molecular weight is 729 g/mol. The van der Waals surface area contributed by atoms with Gasteiger partial charge in [0.2, 0.25) is 11.5 Å². The van der Waals surface area contributed by atoms with Crippen LogP contribution in [0.4, 0.5) is 30.2 Å². The second-order valence-electron chi connectivity index (χ2n) is 12.1. The van der Waals surface area contributed by atoms with Gasteiger partial charge in [-0.1, -0.05) is 30.7 Å². The fourth-order valence-electron chi connectivity index (χ4n) is 6.12. The Morgan fingerprint density at radius 1 is 1.18 bits per heavy atom. The SMILES string of the molecule is CC=C(N=c1n(CC(=O)Nc2ccc(C(F)(F)F)cc2Cl)c(CC)c(N2CCN(C(=O)c3nccc(C)c3N)CC2)c(=O)n1C)C1=CCOCC1. The van der Waals surface area contributed by atoms with E-state index < -0.39 is 17.6 Å². The second kappa shape index (κ2) is 15.6. The number of nitrogen functional groups attached to an aromatic ring is 1. The van der Waals surface area contributed by atoms with Crippen LogP contribution in [-0.2, 0) is 35.7 Å². The maximum Gasteiger partial charge on any atom is 0.416 e. The number of hydrogen-bond donors (Lipinski definition) is 2. The van der Waals surface area contributed by atoms with Gasteiger partial charge in [-0.3, -0.25) is 19.0 Å². The van der Waals surface area contributed by atoms with E-state index in [0.717, 1.165) is 29.3 Å². The van der Waals surface area contributed by atoms with Crippen molar-refractivity contribution in [2.24, 2.45) is 12.0 Å². The van der Waals surface area contributed by atoms with E-state index in [1.54, 1.807) is 29.5 Å². The molecule has 2 aliphatic rings. The fraction of sp³-hybridized carbons (Fsp3) is 0.400. The molecule has 1 aromatic carbocycles. The van der Waals surface area contributed by atoms with Crippen molar-refractivity contribution in [1.29, 1.82) is 0 Å². The Kier molecular flexibility index (Phi) is 11.4. The summed E-state index contributed by atoms with van der Waals surface area (Å²) in [6.45, 7) is 7.28. The van der Waals surface area contributed by atoms with Crippen LogP contribution in [-0.4, -0.2) is 70.2 Å². The van der Waals surface area contributed by atoms with Crippen molar-refractivity contribution in [2.75, 3.05) is 55.3 Å². The van der Waals surface area contributed by atoms with Gasteiger partial charge in [0.25, 0.3) is 11.5 Å². The van der Waals surface area contributed by atoms with Gasteiger partial charge in [0.1, 0.15) is 12.2 Å². The molecule has 0 bridgehead atoms. The van der Waals surface area contributed by atoms with Crippen molar-refractivity contribution in [3.05, 3.63) is 97.4 Å². The number of pyridine rings is 1. The van der Waals surface area contributed by atoms with Crippen molar-refractivity contribution in [1.82, 2.24) is 19.0 Å². The molecule has 2 amide bonds. The first-order valence-corrected chi connectivity index (χ1v) is 16.9. The molecule has 16 heteroatoms. The molecule has 2 aliphatic heterocycles. The summed E-state index contributed by atoms with van der Waals surface area (Å²) in [7, 11) is 1.57. The Morgan fingerprint density at radius 3 is 2.51 bits per heavy atom. The molecular formula is C35H40ClF3N8O4. The van der Waals surface area contributed by atoms with Gasteiger partial charge in [0.05, 0.1) is 46.6 Å². The molecule has 0 spiro atoms. The number of allylic oxidation sites excluding steroid dienone is 2. The van der Waals surface area contributed by atoms with Gasteiger partial charge in [-0.05, 0) is 62.1 Å². The standard InChI is InChI=1S/C35H40ClF3N8O4/c1-5-25(22-10-17-51-18-11-22)43-34-44(4)33(50)31(45-13-15-46(16-14-45)32(49)30-29(40)21(3)9-12-41-30)27(6-2)47(34)20-28(48)42-26-8-7-23(19-24(26)36)35(37,38)39/h5,7-10,12,19H,6,11,13-18,20,40H2,1-4H3,(H,42,48). The molecule has 3 aromatic rings. The van der Waals surface area contributed by atoms with E-state index in [0.29, 0.717) is 61.9 Å². The zero-order valence-corrected chi connectivity index (χ0v) is 29.6. The minimum atomic E-state index is -4.60. The van der Waals surface area contributed by atoms with Crippen LogP contribution in [0.5, 0.6) is 0 Å². The number of piperazine rings is 1. The highest BCUT2D eigenvalue weighted by molar-refractivity contribution is 6.33. The molecule has 4 heterocycles. The fourth-order valence-corrected chi connectivity index (χ4v) is 6.35. The lowest BCUT2D eigenvalue weighted by Crippen LogP contribution is -2.53. The lowest BCUT2D eigenvalue weighted by Gasteiger charge is -2.37. The van der Waals surface area contributed by atoms with Gasteiger partial charge in [0.15, 0.2) is 5.69 Å². The number of rotatable bonds is 8. The number of amides is 2. The Balaban J connectivity index is 1.54. The Hall–Kier alpha value is -4.89. The van der Waals surface area contributed by atoms with Crippen LogP contribution >= 0.6 is 11.6 Å². The van der Waals surface area contributed by atoms with Crippen LogP contribution in [0.25, 0.3) is 0 Å². The van der Waals surface area contributed by atoms with E-state index in [4.69, 9.17) is 27.1 Å². The number of aryl methyl sites for hydroxylation is 1. The largest absolute Gasteiger partial charge is 0.416 e. The molecule has 0 unspecified atom stereocenters. The summed E-state index contributed by atoms with van der Waals surface area (Å²) >= 11 is 6.15. The molecule has 1 fully saturated rings. The number of ether oxygens (including phenoxy) is 1. The molecule has 12 nitrogen and oxygen atoms in total. The molecule has 2 aromatic heterocycles. The first-order valence-electron chi connectivity index (χ1n) is 16.5. The van der Waals surface area contributed by atoms with Crippen molar-refractivity contribution in [2.45, 2.75) is 46.3 Å². The van der Waals surface area contributed by atoms with Crippen molar-refractivity contribution in [3.8, 4) is 0 Å².